The number of benzene rings is 2. The number of hydrogen-bond acceptors (Lipinski definition) is 4. The van der Waals surface area contributed by atoms with Crippen LogP contribution in [0.25, 0.3) is 10.1 Å². The number of nitrogens with two attached hydrogens (primary N) is 1. The SMILES string of the molecule is Cc1ccc(N)cc1C(=O)N1CCN(C(=O)c2sc3ccccc3c2C)CC1.Cl. The standard InChI is InChI=1S/C22H23N3O2S.ClH/c1-14-7-8-16(23)13-18(14)21(26)24-9-11-25(12-10-24)22(27)20-15(2)17-5-3-4-6-19(17)28-20;/h3-8,13H,9-12,23H2,1-2H3;1H. The van der Waals surface area contributed by atoms with Gasteiger partial charge in [0, 0.05) is 42.1 Å². The van der Waals surface area contributed by atoms with Crippen molar-refractivity contribution in [2.75, 3.05) is 31.9 Å². The first-order valence-electron chi connectivity index (χ1n) is 9.38. The zero-order valence-corrected chi connectivity index (χ0v) is 18.1. The van der Waals surface area contributed by atoms with Crippen LogP contribution in [0.1, 0.15) is 31.2 Å². The van der Waals surface area contributed by atoms with Crippen molar-refractivity contribution in [2.45, 2.75) is 13.8 Å². The molecular formula is C22H24ClN3O2S. The van der Waals surface area contributed by atoms with E-state index in [1.807, 2.05) is 47.9 Å². The van der Waals surface area contributed by atoms with Crippen molar-refractivity contribution in [3.63, 3.8) is 0 Å². The van der Waals surface area contributed by atoms with Crippen molar-refractivity contribution in [1.29, 1.82) is 0 Å². The van der Waals surface area contributed by atoms with Gasteiger partial charge in [-0.15, -0.1) is 23.7 Å². The molecule has 2 heterocycles. The molecule has 0 unspecified atom stereocenters. The smallest absolute Gasteiger partial charge is 0.264 e. The van der Waals surface area contributed by atoms with Crippen LogP contribution in [0.2, 0.25) is 0 Å². The summed E-state index contributed by atoms with van der Waals surface area (Å²) >= 11 is 1.55. The van der Waals surface area contributed by atoms with Gasteiger partial charge >= 0.3 is 0 Å². The Bertz CT molecular complexity index is 1070. The van der Waals surface area contributed by atoms with Crippen LogP contribution in [-0.4, -0.2) is 47.8 Å². The van der Waals surface area contributed by atoms with E-state index in [2.05, 4.69) is 6.07 Å². The molecule has 152 valence electrons. The first-order chi connectivity index (χ1) is 13.5. The fourth-order valence-corrected chi connectivity index (χ4v) is 4.85. The summed E-state index contributed by atoms with van der Waals surface area (Å²) in [4.78, 5) is 30.4. The zero-order chi connectivity index (χ0) is 19.8. The van der Waals surface area contributed by atoms with Crippen LogP contribution in [-0.2, 0) is 0 Å². The first kappa shape index (κ1) is 21.1. The van der Waals surface area contributed by atoms with E-state index in [0.29, 0.717) is 37.4 Å². The third-order valence-electron chi connectivity index (χ3n) is 5.38. The summed E-state index contributed by atoms with van der Waals surface area (Å²) in [7, 11) is 0. The Kier molecular flexibility index (Phi) is 6.15. The molecule has 1 aromatic heterocycles. The van der Waals surface area contributed by atoms with Gasteiger partial charge in [0.25, 0.3) is 11.8 Å². The van der Waals surface area contributed by atoms with E-state index in [0.717, 1.165) is 26.1 Å². The number of nitrogens with zero attached hydrogens (tertiary/aromatic N) is 2. The number of aryl methyl sites for hydroxylation is 2. The number of anilines is 1. The maximum Gasteiger partial charge on any atom is 0.264 e. The molecule has 2 amide bonds. The zero-order valence-electron chi connectivity index (χ0n) is 16.5. The second-order valence-corrected chi connectivity index (χ2v) is 8.26. The van der Waals surface area contributed by atoms with Crippen molar-refractivity contribution in [1.82, 2.24) is 9.80 Å². The number of carbonyl (C=O) groups is 2. The van der Waals surface area contributed by atoms with Crippen molar-refractivity contribution >= 4 is 51.3 Å². The Morgan fingerprint density at radius 1 is 0.931 bits per heavy atom. The number of halogens is 1. The van der Waals surface area contributed by atoms with Gasteiger partial charge in [-0.3, -0.25) is 9.59 Å². The number of fused-ring (bicyclic) bond motifs is 1. The molecule has 1 aliphatic rings. The fourth-order valence-electron chi connectivity index (χ4n) is 3.67. The lowest BCUT2D eigenvalue weighted by molar-refractivity contribution is 0.0537. The molecule has 2 aromatic carbocycles. The summed E-state index contributed by atoms with van der Waals surface area (Å²) in [5, 5.41) is 1.14. The van der Waals surface area contributed by atoms with Crippen LogP contribution in [0.4, 0.5) is 5.69 Å². The van der Waals surface area contributed by atoms with Gasteiger partial charge in [0.15, 0.2) is 0 Å². The van der Waals surface area contributed by atoms with Crippen LogP contribution in [0, 0.1) is 13.8 Å². The number of carbonyl (C=O) groups excluding carboxylic acids is 2. The molecule has 1 fully saturated rings. The van der Waals surface area contributed by atoms with Gasteiger partial charge in [0.2, 0.25) is 0 Å². The molecule has 29 heavy (non-hydrogen) atoms. The molecule has 7 heteroatoms. The third-order valence-corrected chi connectivity index (χ3v) is 6.64. The minimum atomic E-state index is -0.0186. The molecule has 0 bridgehead atoms. The second kappa shape index (κ2) is 8.43. The average molecular weight is 430 g/mol. The molecule has 0 atom stereocenters. The summed E-state index contributed by atoms with van der Waals surface area (Å²) in [5.74, 6) is 0.0425. The largest absolute Gasteiger partial charge is 0.399 e. The van der Waals surface area contributed by atoms with Gasteiger partial charge in [-0.1, -0.05) is 24.3 Å². The van der Waals surface area contributed by atoms with E-state index >= 15 is 0 Å². The fraction of sp³-hybridized carbons (Fsp3) is 0.273. The van der Waals surface area contributed by atoms with Crippen LogP contribution >= 0.6 is 23.7 Å². The Balaban J connectivity index is 0.00000240. The minimum absolute atomic E-state index is 0. The summed E-state index contributed by atoms with van der Waals surface area (Å²) in [6.07, 6.45) is 0. The van der Waals surface area contributed by atoms with Gasteiger partial charge in [0.1, 0.15) is 0 Å². The van der Waals surface area contributed by atoms with Gasteiger partial charge in [-0.25, -0.2) is 0 Å². The molecule has 3 aromatic rings. The lowest BCUT2D eigenvalue weighted by Crippen LogP contribution is -2.50. The van der Waals surface area contributed by atoms with Crippen LogP contribution in [0.5, 0.6) is 0 Å². The molecular weight excluding hydrogens is 406 g/mol. The average Bonchev–Trinajstić information content (AvgIpc) is 3.06. The van der Waals surface area contributed by atoms with Gasteiger partial charge in [-0.05, 0) is 48.6 Å². The Morgan fingerprint density at radius 3 is 2.21 bits per heavy atom. The van der Waals surface area contributed by atoms with Crippen molar-refractivity contribution in [3.05, 3.63) is 64.0 Å². The number of piperazine rings is 1. The molecule has 2 N–H and O–H groups in total. The topological polar surface area (TPSA) is 66.6 Å². The summed E-state index contributed by atoms with van der Waals surface area (Å²) in [5.41, 5.74) is 9.03. The quantitative estimate of drug-likeness (QED) is 0.623. The maximum atomic E-state index is 13.1. The number of rotatable bonds is 2. The second-order valence-electron chi connectivity index (χ2n) is 7.21. The molecule has 1 saturated heterocycles. The predicted octanol–water partition coefficient (Wildman–Crippen LogP) is 4.12. The van der Waals surface area contributed by atoms with Gasteiger partial charge in [0.05, 0.1) is 4.88 Å². The molecule has 0 aliphatic carbocycles. The normalized spacial score (nSPS) is 14.0. The number of amides is 2. The molecule has 0 saturated carbocycles. The molecule has 5 nitrogen and oxygen atoms in total. The third kappa shape index (κ3) is 3.95. The number of nitrogen functional groups attached to an aromatic ring is 1. The lowest BCUT2D eigenvalue weighted by atomic mass is 10.1. The predicted molar refractivity (Wildman–Crippen MR) is 121 cm³/mol. The Morgan fingerprint density at radius 2 is 1.55 bits per heavy atom. The highest BCUT2D eigenvalue weighted by molar-refractivity contribution is 7.21. The van der Waals surface area contributed by atoms with Crippen molar-refractivity contribution < 1.29 is 9.59 Å². The number of thiophene rings is 1. The van der Waals surface area contributed by atoms with E-state index in [1.54, 1.807) is 23.5 Å². The van der Waals surface area contributed by atoms with Crippen LogP contribution in [0.3, 0.4) is 0 Å². The summed E-state index contributed by atoms with van der Waals surface area (Å²) < 4.78 is 1.13. The van der Waals surface area contributed by atoms with Gasteiger partial charge < -0.3 is 15.5 Å². The van der Waals surface area contributed by atoms with Crippen molar-refractivity contribution in [3.8, 4) is 0 Å². The summed E-state index contributed by atoms with van der Waals surface area (Å²) in [6, 6.07) is 13.5. The van der Waals surface area contributed by atoms with E-state index in [-0.39, 0.29) is 24.2 Å². The van der Waals surface area contributed by atoms with E-state index in [1.165, 1.54) is 0 Å². The monoisotopic (exact) mass is 429 g/mol. The van der Waals surface area contributed by atoms with Crippen LogP contribution < -0.4 is 5.73 Å². The lowest BCUT2D eigenvalue weighted by Gasteiger charge is -2.35. The van der Waals surface area contributed by atoms with E-state index in [9.17, 15) is 9.59 Å². The highest BCUT2D eigenvalue weighted by Crippen LogP contribution is 2.31. The molecule has 0 radical (unpaired) electrons. The Hall–Kier alpha value is -2.57. The summed E-state index contributed by atoms with van der Waals surface area (Å²) in [6.45, 7) is 6.07. The highest BCUT2D eigenvalue weighted by Gasteiger charge is 2.28. The minimum Gasteiger partial charge on any atom is -0.399 e. The Labute approximate surface area is 180 Å². The molecule has 4 rings (SSSR count). The van der Waals surface area contributed by atoms with E-state index in [4.69, 9.17) is 5.73 Å². The first-order valence-corrected chi connectivity index (χ1v) is 10.2. The maximum absolute atomic E-state index is 13.1. The van der Waals surface area contributed by atoms with E-state index < -0.39 is 0 Å². The molecule has 0 spiro atoms. The number of hydrogen-bond donors (Lipinski definition) is 1. The van der Waals surface area contributed by atoms with Crippen LogP contribution in [0.15, 0.2) is 42.5 Å². The van der Waals surface area contributed by atoms with Crippen molar-refractivity contribution in [2.24, 2.45) is 0 Å². The van der Waals surface area contributed by atoms with Gasteiger partial charge in [-0.2, -0.15) is 0 Å². The highest BCUT2D eigenvalue weighted by atomic mass is 35.5. The molecule has 1 aliphatic heterocycles.